The molecule has 0 saturated carbocycles. The second-order valence-corrected chi connectivity index (χ2v) is 3.75. The van der Waals surface area contributed by atoms with Crippen molar-refractivity contribution in [1.82, 2.24) is 4.90 Å². The Morgan fingerprint density at radius 2 is 2.11 bits per heavy atom. The average molecular weight is 250 g/mol. The lowest BCUT2D eigenvalue weighted by atomic mass is 10.1. The lowest BCUT2D eigenvalue weighted by Crippen LogP contribution is -2.18. The fraction of sp³-hybridized carbons (Fsp3) is 0.250. The highest BCUT2D eigenvalue weighted by Crippen LogP contribution is 2.25. The molecule has 0 aromatic heterocycles. The summed E-state index contributed by atoms with van der Waals surface area (Å²) in [6, 6.07) is 4.21. The molecule has 0 radical (unpaired) electrons. The van der Waals surface area contributed by atoms with Gasteiger partial charge in [-0.15, -0.1) is 0 Å². The molecular weight excluding hydrogens is 236 g/mol. The maximum Gasteiger partial charge on any atom is 0.270 e. The summed E-state index contributed by atoms with van der Waals surface area (Å²) in [7, 11) is 4.71. The van der Waals surface area contributed by atoms with Gasteiger partial charge in [0.2, 0.25) is 5.91 Å². The maximum atomic E-state index is 11.4. The molecule has 1 rings (SSSR count). The first-order chi connectivity index (χ1) is 8.45. The van der Waals surface area contributed by atoms with Gasteiger partial charge < -0.3 is 9.64 Å². The molecule has 0 fully saturated rings. The molecule has 0 bridgehead atoms. The molecule has 0 aliphatic rings. The van der Waals surface area contributed by atoms with Gasteiger partial charge in [-0.25, -0.2) is 0 Å². The van der Waals surface area contributed by atoms with Gasteiger partial charge in [0.05, 0.1) is 12.0 Å². The number of benzene rings is 1. The van der Waals surface area contributed by atoms with Crippen molar-refractivity contribution in [3.8, 4) is 5.75 Å². The standard InChI is InChI=1S/C12H14N2O4/c1-13(2)12(15)7-4-9-8-10(14(16)17)5-6-11(9)18-3/h4-8H,1-3H3. The van der Waals surface area contributed by atoms with Crippen molar-refractivity contribution in [3.63, 3.8) is 0 Å². The van der Waals surface area contributed by atoms with Crippen molar-refractivity contribution in [3.05, 3.63) is 40.0 Å². The van der Waals surface area contributed by atoms with E-state index < -0.39 is 4.92 Å². The number of nitro groups is 1. The van der Waals surface area contributed by atoms with Gasteiger partial charge in [-0.2, -0.15) is 0 Å². The summed E-state index contributed by atoms with van der Waals surface area (Å²) in [6.07, 6.45) is 2.83. The van der Waals surface area contributed by atoms with Crippen LogP contribution in [0.4, 0.5) is 5.69 Å². The molecule has 1 aromatic carbocycles. The molecule has 1 amide bonds. The van der Waals surface area contributed by atoms with E-state index in [1.54, 1.807) is 14.1 Å². The Bertz CT molecular complexity index is 495. The molecule has 18 heavy (non-hydrogen) atoms. The van der Waals surface area contributed by atoms with Gasteiger partial charge in [-0.3, -0.25) is 14.9 Å². The van der Waals surface area contributed by atoms with Crippen molar-refractivity contribution in [2.24, 2.45) is 0 Å². The lowest BCUT2D eigenvalue weighted by Gasteiger charge is -2.07. The molecule has 0 N–H and O–H groups in total. The minimum atomic E-state index is -0.495. The summed E-state index contributed by atoms with van der Waals surface area (Å²) in [5, 5.41) is 10.7. The number of carbonyl (C=O) groups excluding carboxylic acids is 1. The predicted octanol–water partition coefficient (Wildman–Crippen LogP) is 1.70. The zero-order chi connectivity index (χ0) is 13.7. The first kappa shape index (κ1) is 13.7. The van der Waals surface area contributed by atoms with E-state index in [0.29, 0.717) is 11.3 Å². The number of nitro benzene ring substituents is 1. The highest BCUT2D eigenvalue weighted by atomic mass is 16.6. The number of nitrogens with zero attached hydrogens (tertiary/aromatic N) is 2. The molecule has 0 heterocycles. The van der Waals surface area contributed by atoms with E-state index in [2.05, 4.69) is 0 Å². The molecule has 6 heteroatoms. The van der Waals surface area contributed by atoms with Gasteiger partial charge in [-0.05, 0) is 12.1 Å². The van der Waals surface area contributed by atoms with Gasteiger partial charge in [0.15, 0.2) is 0 Å². The normalized spacial score (nSPS) is 10.4. The van der Waals surface area contributed by atoms with Crippen LogP contribution < -0.4 is 4.74 Å². The number of amides is 1. The van der Waals surface area contributed by atoms with E-state index in [1.807, 2.05) is 0 Å². The fourth-order valence-corrected chi connectivity index (χ4v) is 1.28. The quantitative estimate of drug-likeness (QED) is 0.463. The molecule has 0 atom stereocenters. The molecule has 96 valence electrons. The first-order valence-electron chi connectivity index (χ1n) is 5.17. The highest BCUT2D eigenvalue weighted by Gasteiger charge is 2.09. The minimum Gasteiger partial charge on any atom is -0.496 e. The number of hydrogen-bond acceptors (Lipinski definition) is 4. The minimum absolute atomic E-state index is 0.0484. The number of methoxy groups -OCH3 is 1. The van der Waals surface area contributed by atoms with Gasteiger partial charge in [0.25, 0.3) is 5.69 Å². The van der Waals surface area contributed by atoms with Crippen molar-refractivity contribution >= 4 is 17.7 Å². The van der Waals surface area contributed by atoms with Crippen LogP contribution in [0.15, 0.2) is 24.3 Å². The third kappa shape index (κ3) is 3.31. The maximum absolute atomic E-state index is 11.4. The smallest absolute Gasteiger partial charge is 0.270 e. The number of ether oxygens (including phenoxy) is 1. The Hall–Kier alpha value is -2.37. The number of hydrogen-bond donors (Lipinski definition) is 0. The van der Waals surface area contributed by atoms with Crippen molar-refractivity contribution < 1.29 is 14.5 Å². The van der Waals surface area contributed by atoms with Crippen LogP contribution in [0, 0.1) is 10.1 Å². The van der Waals surface area contributed by atoms with Crippen LogP contribution >= 0.6 is 0 Å². The van der Waals surface area contributed by atoms with E-state index in [0.717, 1.165) is 0 Å². The lowest BCUT2D eigenvalue weighted by molar-refractivity contribution is -0.384. The summed E-state index contributed by atoms with van der Waals surface area (Å²) in [5.41, 5.74) is 0.439. The Labute approximate surface area is 105 Å². The Kier molecular flexibility index (Phi) is 4.42. The summed E-state index contributed by atoms with van der Waals surface area (Å²) in [5.74, 6) is 0.270. The second-order valence-electron chi connectivity index (χ2n) is 3.75. The topological polar surface area (TPSA) is 72.7 Å². The molecule has 1 aromatic rings. The van der Waals surface area contributed by atoms with Crippen molar-refractivity contribution in [2.75, 3.05) is 21.2 Å². The van der Waals surface area contributed by atoms with Crippen molar-refractivity contribution in [1.29, 1.82) is 0 Å². The zero-order valence-corrected chi connectivity index (χ0v) is 10.4. The Balaban J connectivity index is 3.09. The van der Waals surface area contributed by atoms with Crippen LogP contribution in [0.2, 0.25) is 0 Å². The molecule has 0 unspecified atom stereocenters. The number of non-ortho nitro benzene ring substituents is 1. The van der Waals surface area contributed by atoms with Crippen LogP contribution in [-0.2, 0) is 4.79 Å². The van der Waals surface area contributed by atoms with Gasteiger partial charge in [0, 0.05) is 37.9 Å². The average Bonchev–Trinajstić information content (AvgIpc) is 2.35. The van der Waals surface area contributed by atoms with E-state index >= 15 is 0 Å². The molecule has 0 saturated heterocycles. The van der Waals surface area contributed by atoms with Gasteiger partial charge in [0.1, 0.15) is 5.75 Å². The molecule has 0 aliphatic carbocycles. The monoisotopic (exact) mass is 250 g/mol. The van der Waals surface area contributed by atoms with Crippen LogP contribution in [0.3, 0.4) is 0 Å². The predicted molar refractivity (Wildman–Crippen MR) is 67.4 cm³/mol. The summed E-state index contributed by atoms with van der Waals surface area (Å²) < 4.78 is 5.07. The van der Waals surface area contributed by atoms with E-state index in [1.165, 1.54) is 42.4 Å². The summed E-state index contributed by atoms with van der Waals surface area (Å²) >= 11 is 0. The third-order valence-corrected chi connectivity index (χ3v) is 2.27. The van der Waals surface area contributed by atoms with Crippen LogP contribution in [0.1, 0.15) is 5.56 Å². The number of likely N-dealkylation sites (N-methyl/N-ethyl adjacent to an activating group) is 1. The van der Waals surface area contributed by atoms with E-state index in [-0.39, 0.29) is 11.6 Å². The summed E-state index contributed by atoms with van der Waals surface area (Å²) in [6.45, 7) is 0. The molecule has 6 nitrogen and oxygen atoms in total. The number of carbonyl (C=O) groups is 1. The van der Waals surface area contributed by atoms with Crippen LogP contribution in [-0.4, -0.2) is 36.9 Å². The third-order valence-electron chi connectivity index (χ3n) is 2.27. The molecular formula is C12H14N2O4. The van der Waals surface area contributed by atoms with E-state index in [4.69, 9.17) is 4.74 Å². The van der Waals surface area contributed by atoms with Gasteiger partial charge >= 0.3 is 0 Å². The van der Waals surface area contributed by atoms with Crippen LogP contribution in [0.25, 0.3) is 6.08 Å². The van der Waals surface area contributed by atoms with Gasteiger partial charge in [-0.1, -0.05) is 0 Å². The molecule has 0 spiro atoms. The summed E-state index contributed by atoms with van der Waals surface area (Å²) in [4.78, 5) is 23.0. The Morgan fingerprint density at radius 1 is 1.44 bits per heavy atom. The first-order valence-corrected chi connectivity index (χ1v) is 5.17. The van der Waals surface area contributed by atoms with E-state index in [9.17, 15) is 14.9 Å². The zero-order valence-electron chi connectivity index (χ0n) is 10.4. The second kappa shape index (κ2) is 5.81. The highest BCUT2D eigenvalue weighted by molar-refractivity contribution is 5.91. The van der Waals surface area contributed by atoms with Crippen molar-refractivity contribution in [2.45, 2.75) is 0 Å². The number of rotatable bonds is 4. The largest absolute Gasteiger partial charge is 0.496 e. The SMILES string of the molecule is COc1ccc([N+](=O)[O-])cc1C=CC(=O)N(C)C. The van der Waals surface area contributed by atoms with Crippen LogP contribution in [0.5, 0.6) is 5.75 Å². The Morgan fingerprint density at radius 3 is 2.61 bits per heavy atom. The molecule has 0 aliphatic heterocycles. The fourth-order valence-electron chi connectivity index (χ4n) is 1.28.